The fraction of sp³-hybridized carbons (Fsp3) is 0.524. The van der Waals surface area contributed by atoms with Crippen molar-refractivity contribution in [3.63, 3.8) is 0 Å². The van der Waals surface area contributed by atoms with Gasteiger partial charge in [-0.2, -0.15) is 0 Å². The predicted octanol–water partition coefficient (Wildman–Crippen LogP) is 4.27. The molecule has 0 radical (unpaired) electrons. The van der Waals surface area contributed by atoms with Gasteiger partial charge in [-0.1, -0.05) is 30.2 Å². The number of carbonyl (C=O) groups excluding carboxylic acids is 1. The SMILES string of the molecule is Cc1cccc(-c2cnc(C3CCCN3C(=O)[C@@H]3CCC[C@@H]3CN)[nH]2)c1.Cl.Cl. The van der Waals surface area contributed by atoms with Gasteiger partial charge in [0.2, 0.25) is 5.91 Å². The lowest BCUT2D eigenvalue weighted by atomic mass is 9.94. The van der Waals surface area contributed by atoms with Crippen LogP contribution in [0.3, 0.4) is 0 Å². The number of hydrogen-bond donors (Lipinski definition) is 2. The average molecular weight is 425 g/mol. The molecule has 4 rings (SSSR count). The van der Waals surface area contributed by atoms with Gasteiger partial charge >= 0.3 is 0 Å². The maximum atomic E-state index is 13.2. The van der Waals surface area contributed by atoms with Gasteiger partial charge in [0, 0.05) is 12.5 Å². The van der Waals surface area contributed by atoms with Gasteiger partial charge < -0.3 is 15.6 Å². The third-order valence-electron chi connectivity index (χ3n) is 6.06. The fourth-order valence-corrected chi connectivity index (χ4v) is 4.64. The second-order valence-corrected chi connectivity index (χ2v) is 7.77. The molecular weight excluding hydrogens is 395 g/mol. The van der Waals surface area contributed by atoms with E-state index in [0.717, 1.165) is 55.7 Å². The molecule has 2 heterocycles. The molecule has 1 amide bonds. The van der Waals surface area contributed by atoms with E-state index in [1.165, 1.54) is 5.56 Å². The van der Waals surface area contributed by atoms with Gasteiger partial charge in [-0.15, -0.1) is 24.8 Å². The van der Waals surface area contributed by atoms with Crippen LogP contribution in [0.2, 0.25) is 0 Å². The van der Waals surface area contributed by atoms with Crippen LogP contribution < -0.4 is 5.73 Å². The molecule has 7 heteroatoms. The third kappa shape index (κ3) is 4.37. The Hall–Kier alpha value is -1.56. The van der Waals surface area contributed by atoms with Gasteiger partial charge in [0.25, 0.3) is 0 Å². The number of likely N-dealkylation sites (tertiary alicyclic amines) is 1. The van der Waals surface area contributed by atoms with E-state index < -0.39 is 0 Å². The number of aryl methyl sites for hydroxylation is 1. The van der Waals surface area contributed by atoms with Gasteiger partial charge in [-0.05, 0) is 56.7 Å². The number of benzene rings is 1. The number of nitrogens with two attached hydrogens (primary N) is 1. The van der Waals surface area contributed by atoms with Crippen molar-refractivity contribution < 1.29 is 4.79 Å². The first kappa shape index (κ1) is 22.7. The van der Waals surface area contributed by atoms with E-state index in [-0.39, 0.29) is 42.7 Å². The Morgan fingerprint density at radius 3 is 2.82 bits per heavy atom. The molecule has 5 nitrogen and oxygen atoms in total. The van der Waals surface area contributed by atoms with Crippen molar-refractivity contribution in [2.75, 3.05) is 13.1 Å². The lowest BCUT2D eigenvalue weighted by Crippen LogP contribution is -2.39. The van der Waals surface area contributed by atoms with Crippen LogP contribution in [0.4, 0.5) is 0 Å². The topological polar surface area (TPSA) is 75.0 Å². The molecule has 0 spiro atoms. The normalized spacial score (nSPS) is 23.9. The average Bonchev–Trinajstić information content (AvgIpc) is 3.40. The summed E-state index contributed by atoms with van der Waals surface area (Å²) in [5.41, 5.74) is 9.28. The van der Waals surface area contributed by atoms with E-state index in [2.05, 4.69) is 46.1 Å². The van der Waals surface area contributed by atoms with E-state index >= 15 is 0 Å². The van der Waals surface area contributed by atoms with Gasteiger partial charge in [0.05, 0.1) is 17.9 Å². The van der Waals surface area contributed by atoms with Gasteiger partial charge in [-0.25, -0.2) is 4.98 Å². The van der Waals surface area contributed by atoms with Crippen LogP contribution >= 0.6 is 24.8 Å². The number of imidazole rings is 1. The fourth-order valence-electron chi connectivity index (χ4n) is 4.64. The highest BCUT2D eigenvalue weighted by Gasteiger charge is 2.39. The van der Waals surface area contributed by atoms with Crippen molar-refractivity contribution in [1.29, 1.82) is 0 Å². The summed E-state index contributed by atoms with van der Waals surface area (Å²) in [6.45, 7) is 3.54. The summed E-state index contributed by atoms with van der Waals surface area (Å²) in [6.07, 6.45) is 7.10. The molecule has 2 aliphatic rings. The van der Waals surface area contributed by atoms with Crippen LogP contribution in [0.25, 0.3) is 11.3 Å². The first-order valence-electron chi connectivity index (χ1n) is 9.80. The molecule has 3 atom stereocenters. The first-order chi connectivity index (χ1) is 12.7. The highest BCUT2D eigenvalue weighted by molar-refractivity contribution is 5.85. The minimum atomic E-state index is 0. The summed E-state index contributed by atoms with van der Waals surface area (Å²) < 4.78 is 0. The minimum absolute atomic E-state index is 0. The molecule has 1 aliphatic heterocycles. The zero-order chi connectivity index (χ0) is 18.1. The monoisotopic (exact) mass is 424 g/mol. The van der Waals surface area contributed by atoms with Gasteiger partial charge in [0.1, 0.15) is 5.82 Å². The second kappa shape index (κ2) is 9.77. The molecule has 1 unspecified atom stereocenters. The Labute approximate surface area is 179 Å². The molecule has 1 saturated heterocycles. The van der Waals surface area contributed by atoms with E-state index in [9.17, 15) is 4.79 Å². The molecular formula is C21H30Cl2N4O. The summed E-state index contributed by atoms with van der Waals surface area (Å²) >= 11 is 0. The lowest BCUT2D eigenvalue weighted by Gasteiger charge is -2.28. The molecule has 1 aliphatic carbocycles. The molecule has 28 heavy (non-hydrogen) atoms. The number of aromatic nitrogens is 2. The number of aromatic amines is 1. The molecule has 2 fully saturated rings. The highest BCUT2D eigenvalue weighted by atomic mass is 35.5. The summed E-state index contributed by atoms with van der Waals surface area (Å²) in [6, 6.07) is 8.46. The number of amides is 1. The summed E-state index contributed by atoms with van der Waals surface area (Å²) in [5.74, 6) is 1.65. The van der Waals surface area contributed by atoms with E-state index in [1.54, 1.807) is 0 Å². The summed E-state index contributed by atoms with van der Waals surface area (Å²) in [5, 5.41) is 0. The Bertz CT molecular complexity index is 794. The van der Waals surface area contributed by atoms with Gasteiger partial charge in [-0.3, -0.25) is 4.79 Å². The molecule has 3 N–H and O–H groups in total. The van der Waals surface area contributed by atoms with Crippen molar-refractivity contribution in [2.24, 2.45) is 17.6 Å². The summed E-state index contributed by atoms with van der Waals surface area (Å²) in [4.78, 5) is 23.3. The van der Waals surface area contributed by atoms with E-state index in [4.69, 9.17) is 5.73 Å². The molecule has 0 bridgehead atoms. The molecule has 154 valence electrons. The van der Waals surface area contributed by atoms with Crippen LogP contribution in [-0.2, 0) is 4.79 Å². The van der Waals surface area contributed by atoms with Crippen molar-refractivity contribution in [3.05, 3.63) is 41.9 Å². The predicted molar refractivity (Wildman–Crippen MR) is 117 cm³/mol. The maximum absolute atomic E-state index is 13.2. The Balaban J connectivity index is 0.00000140. The second-order valence-electron chi connectivity index (χ2n) is 7.77. The zero-order valence-corrected chi connectivity index (χ0v) is 17.9. The number of halogens is 2. The van der Waals surface area contributed by atoms with Crippen molar-refractivity contribution in [3.8, 4) is 11.3 Å². The van der Waals surface area contributed by atoms with Crippen LogP contribution in [0, 0.1) is 18.8 Å². The third-order valence-corrected chi connectivity index (χ3v) is 6.06. The Morgan fingerprint density at radius 1 is 1.25 bits per heavy atom. The Kier molecular flexibility index (Phi) is 7.93. The standard InChI is InChI=1S/C21H28N4O.2ClH/c1-14-5-2-6-15(11-14)18-13-23-20(24-18)19-9-4-10-25(19)21(26)17-8-3-7-16(17)12-22;;/h2,5-6,11,13,16-17,19H,3-4,7-10,12,22H2,1H3,(H,23,24);2*1H/t16-,17-,19?;;/m1../s1. The molecule has 1 aromatic heterocycles. The minimum Gasteiger partial charge on any atom is -0.340 e. The molecule has 1 aromatic carbocycles. The number of hydrogen-bond acceptors (Lipinski definition) is 3. The van der Waals surface area contributed by atoms with Crippen molar-refractivity contribution in [2.45, 2.75) is 45.1 Å². The van der Waals surface area contributed by atoms with E-state index in [0.29, 0.717) is 12.5 Å². The zero-order valence-electron chi connectivity index (χ0n) is 16.3. The lowest BCUT2D eigenvalue weighted by molar-refractivity contribution is -0.137. The number of nitrogens with one attached hydrogen (secondary N) is 1. The number of carbonyl (C=O) groups is 1. The van der Waals surface area contributed by atoms with Crippen LogP contribution in [0.5, 0.6) is 0 Å². The smallest absolute Gasteiger partial charge is 0.226 e. The first-order valence-corrected chi connectivity index (χ1v) is 9.80. The maximum Gasteiger partial charge on any atom is 0.226 e. The van der Waals surface area contributed by atoms with Crippen LogP contribution in [0.1, 0.15) is 49.5 Å². The van der Waals surface area contributed by atoms with Crippen molar-refractivity contribution in [1.82, 2.24) is 14.9 Å². The molecule has 2 aromatic rings. The largest absolute Gasteiger partial charge is 0.340 e. The molecule has 1 saturated carbocycles. The number of rotatable bonds is 4. The highest BCUT2D eigenvalue weighted by Crippen LogP contribution is 2.38. The Morgan fingerprint density at radius 2 is 2.07 bits per heavy atom. The quantitative estimate of drug-likeness (QED) is 0.769. The van der Waals surface area contributed by atoms with Crippen LogP contribution in [0.15, 0.2) is 30.5 Å². The summed E-state index contributed by atoms with van der Waals surface area (Å²) in [7, 11) is 0. The van der Waals surface area contributed by atoms with E-state index in [1.807, 2.05) is 6.20 Å². The van der Waals surface area contributed by atoms with Gasteiger partial charge in [0.15, 0.2) is 0 Å². The van der Waals surface area contributed by atoms with Crippen molar-refractivity contribution >= 4 is 30.7 Å². The number of nitrogens with zero attached hydrogens (tertiary/aromatic N) is 2. The van der Waals surface area contributed by atoms with Crippen LogP contribution in [-0.4, -0.2) is 33.9 Å². The number of H-pyrrole nitrogens is 1.